The molecule has 0 aliphatic carbocycles. The monoisotopic (exact) mass is 251 g/mol. The molecule has 0 aliphatic heterocycles. The number of rotatable bonds is 6. The lowest BCUT2D eigenvalue weighted by atomic mass is 10.1. The highest BCUT2D eigenvalue weighted by atomic mass is 32.2. The van der Waals surface area contributed by atoms with Gasteiger partial charge in [-0.05, 0) is 44.6 Å². The van der Waals surface area contributed by atoms with E-state index in [1.165, 1.54) is 29.1 Å². The van der Waals surface area contributed by atoms with Gasteiger partial charge in [0.05, 0.1) is 0 Å². The smallest absolute Gasteiger partial charge is 0.0221 e. The van der Waals surface area contributed by atoms with Gasteiger partial charge in [-0.15, -0.1) is 11.8 Å². The van der Waals surface area contributed by atoms with Crippen molar-refractivity contribution in [2.45, 2.75) is 57.5 Å². The van der Waals surface area contributed by atoms with Gasteiger partial charge in [-0.2, -0.15) is 0 Å². The lowest BCUT2D eigenvalue weighted by Crippen LogP contribution is -2.35. The van der Waals surface area contributed by atoms with E-state index in [-0.39, 0.29) is 5.54 Å². The van der Waals surface area contributed by atoms with Gasteiger partial charge < -0.3 is 5.32 Å². The normalized spacial score (nSPS) is 11.8. The van der Waals surface area contributed by atoms with Gasteiger partial charge in [0.2, 0.25) is 0 Å². The zero-order valence-electron chi connectivity index (χ0n) is 11.5. The fourth-order valence-corrected chi connectivity index (χ4v) is 2.63. The predicted octanol–water partition coefficient (Wildman–Crippen LogP) is 4.47. The minimum absolute atomic E-state index is 0.182. The van der Waals surface area contributed by atoms with Crippen molar-refractivity contribution < 1.29 is 0 Å². The van der Waals surface area contributed by atoms with Crippen LogP contribution in [-0.4, -0.2) is 11.3 Å². The molecule has 0 spiro atoms. The van der Waals surface area contributed by atoms with E-state index in [9.17, 15) is 0 Å². The molecule has 0 saturated carbocycles. The van der Waals surface area contributed by atoms with Gasteiger partial charge in [-0.25, -0.2) is 0 Å². The molecule has 1 nitrogen and oxygen atoms in total. The lowest BCUT2D eigenvalue weighted by Gasteiger charge is -2.21. The topological polar surface area (TPSA) is 12.0 Å². The maximum Gasteiger partial charge on any atom is 0.0221 e. The van der Waals surface area contributed by atoms with Crippen LogP contribution in [0.2, 0.25) is 0 Å². The van der Waals surface area contributed by atoms with Gasteiger partial charge in [0.15, 0.2) is 0 Å². The third-order valence-electron chi connectivity index (χ3n) is 2.54. The van der Waals surface area contributed by atoms with Crippen LogP contribution in [0.1, 0.15) is 46.1 Å². The van der Waals surface area contributed by atoms with E-state index in [1.807, 2.05) is 11.8 Å². The number of nitrogens with one attached hydrogen (secondary N) is 1. The average Bonchev–Trinajstić information content (AvgIpc) is 2.27. The summed E-state index contributed by atoms with van der Waals surface area (Å²) in [6.07, 6.45) is 2.57. The van der Waals surface area contributed by atoms with Crippen LogP contribution < -0.4 is 5.32 Å². The zero-order valence-corrected chi connectivity index (χ0v) is 12.4. The Kier molecular flexibility index (Phi) is 6.07. The first-order valence-electron chi connectivity index (χ1n) is 6.48. The van der Waals surface area contributed by atoms with Crippen molar-refractivity contribution in [1.82, 2.24) is 5.32 Å². The van der Waals surface area contributed by atoms with Crippen LogP contribution in [0.3, 0.4) is 0 Å². The van der Waals surface area contributed by atoms with Gasteiger partial charge in [-0.1, -0.05) is 31.5 Å². The molecule has 1 rings (SSSR count). The number of unbranched alkanes of at least 4 members (excludes halogenated alkanes) is 1. The van der Waals surface area contributed by atoms with Crippen LogP contribution in [-0.2, 0) is 6.54 Å². The minimum Gasteiger partial charge on any atom is -0.308 e. The Morgan fingerprint density at radius 1 is 1.18 bits per heavy atom. The first-order valence-corrected chi connectivity index (χ1v) is 7.47. The first kappa shape index (κ1) is 14.6. The third-order valence-corrected chi connectivity index (χ3v) is 3.74. The largest absolute Gasteiger partial charge is 0.308 e. The van der Waals surface area contributed by atoms with Crippen molar-refractivity contribution in [3.63, 3.8) is 0 Å². The Labute approximate surface area is 110 Å². The zero-order chi connectivity index (χ0) is 12.7. The first-order chi connectivity index (χ1) is 8.03. The van der Waals surface area contributed by atoms with E-state index < -0.39 is 0 Å². The second-order valence-corrected chi connectivity index (χ2v) is 6.55. The summed E-state index contributed by atoms with van der Waals surface area (Å²) in [7, 11) is 0. The average molecular weight is 251 g/mol. The molecule has 0 atom stereocenters. The molecule has 0 unspecified atom stereocenters. The predicted molar refractivity (Wildman–Crippen MR) is 78.7 cm³/mol. The molecule has 2 heteroatoms. The maximum absolute atomic E-state index is 3.56. The van der Waals surface area contributed by atoms with E-state index in [1.54, 1.807) is 0 Å². The van der Waals surface area contributed by atoms with Gasteiger partial charge in [-0.3, -0.25) is 0 Å². The van der Waals surface area contributed by atoms with Crippen molar-refractivity contribution >= 4 is 11.8 Å². The van der Waals surface area contributed by atoms with E-state index in [4.69, 9.17) is 0 Å². The Hall–Kier alpha value is -0.470. The third kappa shape index (κ3) is 6.13. The summed E-state index contributed by atoms with van der Waals surface area (Å²) in [5, 5.41) is 3.56. The Bertz CT molecular complexity index is 328. The molecule has 17 heavy (non-hydrogen) atoms. The van der Waals surface area contributed by atoms with Gasteiger partial charge >= 0.3 is 0 Å². The molecular formula is C15H25NS. The number of hydrogen-bond acceptors (Lipinski definition) is 2. The second kappa shape index (κ2) is 7.07. The molecule has 0 heterocycles. The highest BCUT2D eigenvalue weighted by Gasteiger charge is 2.10. The molecule has 0 fully saturated rings. The van der Waals surface area contributed by atoms with Crippen molar-refractivity contribution in [1.29, 1.82) is 0 Å². The summed E-state index contributed by atoms with van der Waals surface area (Å²) in [5.41, 5.74) is 1.60. The van der Waals surface area contributed by atoms with Crippen LogP contribution in [0.4, 0.5) is 0 Å². The lowest BCUT2D eigenvalue weighted by molar-refractivity contribution is 0.422. The molecule has 0 amide bonds. The molecule has 0 bridgehead atoms. The summed E-state index contributed by atoms with van der Waals surface area (Å²) in [5.74, 6) is 1.23. The standard InChI is InChI=1S/C15H25NS/c1-5-6-11-17-14-10-8-7-9-13(14)12-16-15(2,3)4/h7-10,16H,5-6,11-12H2,1-4H3. The van der Waals surface area contributed by atoms with E-state index in [0.717, 1.165) is 6.54 Å². The van der Waals surface area contributed by atoms with Gasteiger partial charge in [0.25, 0.3) is 0 Å². The molecule has 0 aliphatic rings. The fraction of sp³-hybridized carbons (Fsp3) is 0.600. The summed E-state index contributed by atoms with van der Waals surface area (Å²) >= 11 is 1.98. The molecule has 1 aromatic rings. The Morgan fingerprint density at radius 3 is 2.53 bits per heavy atom. The van der Waals surface area contributed by atoms with E-state index in [2.05, 4.69) is 57.3 Å². The van der Waals surface area contributed by atoms with Crippen molar-refractivity contribution in [2.75, 3.05) is 5.75 Å². The number of thioether (sulfide) groups is 1. The molecule has 1 aromatic carbocycles. The van der Waals surface area contributed by atoms with Crippen molar-refractivity contribution in [3.8, 4) is 0 Å². The summed E-state index contributed by atoms with van der Waals surface area (Å²) < 4.78 is 0. The quantitative estimate of drug-likeness (QED) is 0.591. The van der Waals surface area contributed by atoms with Crippen LogP contribution in [0.5, 0.6) is 0 Å². The summed E-state index contributed by atoms with van der Waals surface area (Å²) in [6, 6.07) is 8.73. The molecule has 96 valence electrons. The Balaban J connectivity index is 2.58. The highest BCUT2D eigenvalue weighted by molar-refractivity contribution is 7.99. The second-order valence-electron chi connectivity index (χ2n) is 5.41. The molecule has 0 aromatic heterocycles. The van der Waals surface area contributed by atoms with Crippen LogP contribution in [0, 0.1) is 0 Å². The number of benzene rings is 1. The molecule has 0 radical (unpaired) electrons. The van der Waals surface area contributed by atoms with Crippen LogP contribution in [0.15, 0.2) is 29.2 Å². The molecule has 0 saturated heterocycles. The van der Waals surface area contributed by atoms with E-state index in [0.29, 0.717) is 0 Å². The summed E-state index contributed by atoms with van der Waals surface area (Å²) in [6.45, 7) is 9.83. The van der Waals surface area contributed by atoms with Crippen LogP contribution >= 0.6 is 11.8 Å². The minimum atomic E-state index is 0.182. The van der Waals surface area contributed by atoms with Crippen molar-refractivity contribution in [3.05, 3.63) is 29.8 Å². The number of hydrogen-bond donors (Lipinski definition) is 1. The Morgan fingerprint density at radius 2 is 1.88 bits per heavy atom. The van der Waals surface area contributed by atoms with Gasteiger partial charge in [0, 0.05) is 17.0 Å². The van der Waals surface area contributed by atoms with Crippen LogP contribution in [0.25, 0.3) is 0 Å². The fourth-order valence-electron chi connectivity index (χ4n) is 1.48. The van der Waals surface area contributed by atoms with E-state index >= 15 is 0 Å². The SMILES string of the molecule is CCCCSc1ccccc1CNC(C)(C)C. The van der Waals surface area contributed by atoms with Gasteiger partial charge in [0.1, 0.15) is 0 Å². The molecular weight excluding hydrogens is 226 g/mol. The van der Waals surface area contributed by atoms with Crippen molar-refractivity contribution in [2.24, 2.45) is 0 Å². The summed E-state index contributed by atoms with van der Waals surface area (Å²) in [4.78, 5) is 1.43. The molecule has 1 N–H and O–H groups in total. The highest BCUT2D eigenvalue weighted by Crippen LogP contribution is 2.24. The maximum atomic E-state index is 3.56.